The van der Waals surface area contributed by atoms with Crippen LogP contribution in [0.2, 0.25) is 0 Å². The van der Waals surface area contributed by atoms with E-state index in [9.17, 15) is 10.5 Å². The summed E-state index contributed by atoms with van der Waals surface area (Å²) in [6.45, 7) is 0. The Kier molecular flexibility index (Phi) is 4.83. The third-order valence-corrected chi connectivity index (χ3v) is 6.60. The standard InChI is InChI=1S/C18H22N4O4S/c1-23-13-12(11-9(7-19)15(21)27-16(22)10(11)8-20)24-17-14(13)25-18(26-17)5-3-2-4-6-18/h11-14,17H,2-6,21-22H2,1H3/t12-,13+,14+,17-/m0/s1. The van der Waals surface area contributed by atoms with Gasteiger partial charge in [0.2, 0.25) is 0 Å². The molecule has 27 heavy (non-hydrogen) atoms. The van der Waals surface area contributed by atoms with Gasteiger partial charge in [0.25, 0.3) is 0 Å². The number of nitrogens with two attached hydrogens (primary N) is 2. The van der Waals surface area contributed by atoms with Gasteiger partial charge >= 0.3 is 0 Å². The average molecular weight is 390 g/mol. The fourth-order valence-corrected chi connectivity index (χ4v) is 5.28. The second-order valence-corrected chi connectivity index (χ2v) is 8.28. The number of hydrogen-bond donors (Lipinski definition) is 2. The molecule has 4 rings (SSSR count). The molecule has 3 aliphatic heterocycles. The quantitative estimate of drug-likeness (QED) is 0.719. The highest BCUT2D eigenvalue weighted by molar-refractivity contribution is 8.06. The van der Waals surface area contributed by atoms with E-state index in [2.05, 4.69) is 12.1 Å². The molecule has 4 atom stereocenters. The second kappa shape index (κ2) is 7.01. The third-order valence-electron chi connectivity index (χ3n) is 5.72. The summed E-state index contributed by atoms with van der Waals surface area (Å²) in [5.74, 6) is -1.32. The molecule has 1 aliphatic carbocycles. The van der Waals surface area contributed by atoms with Gasteiger partial charge in [-0.1, -0.05) is 18.2 Å². The predicted octanol–water partition coefficient (Wildman–Crippen LogP) is 1.55. The van der Waals surface area contributed by atoms with Crippen molar-refractivity contribution in [1.29, 1.82) is 10.5 Å². The van der Waals surface area contributed by atoms with Gasteiger partial charge in [0, 0.05) is 20.0 Å². The summed E-state index contributed by atoms with van der Waals surface area (Å²) in [7, 11) is 1.56. The van der Waals surface area contributed by atoms with Crippen LogP contribution in [0.3, 0.4) is 0 Å². The number of methoxy groups -OCH3 is 1. The van der Waals surface area contributed by atoms with Crippen molar-refractivity contribution in [2.45, 2.75) is 62.5 Å². The zero-order valence-corrected chi connectivity index (χ0v) is 15.8. The van der Waals surface area contributed by atoms with E-state index in [0.717, 1.165) is 37.4 Å². The lowest BCUT2D eigenvalue weighted by molar-refractivity contribution is -0.249. The van der Waals surface area contributed by atoms with Gasteiger partial charge in [-0.05, 0) is 12.8 Å². The lowest BCUT2D eigenvalue weighted by atomic mass is 9.84. The number of nitriles is 2. The molecule has 0 aromatic rings. The van der Waals surface area contributed by atoms with Crippen molar-refractivity contribution in [3.63, 3.8) is 0 Å². The Morgan fingerprint density at radius 1 is 1.04 bits per heavy atom. The first-order valence-corrected chi connectivity index (χ1v) is 9.86. The molecule has 4 aliphatic rings. The number of thioether (sulfide) groups is 1. The van der Waals surface area contributed by atoms with Crippen LogP contribution in [0.4, 0.5) is 0 Å². The average Bonchev–Trinajstić information content (AvgIpc) is 3.15. The Balaban J connectivity index is 1.64. The number of rotatable bonds is 2. The minimum Gasteiger partial charge on any atom is -0.392 e. The van der Waals surface area contributed by atoms with Gasteiger partial charge in [0.05, 0.1) is 39.3 Å². The minimum atomic E-state index is -0.702. The van der Waals surface area contributed by atoms with Crippen molar-refractivity contribution in [3.8, 4) is 12.1 Å². The zero-order chi connectivity index (χ0) is 19.2. The van der Waals surface area contributed by atoms with Crippen molar-refractivity contribution >= 4 is 11.8 Å². The Morgan fingerprint density at radius 3 is 2.22 bits per heavy atom. The molecule has 1 spiro atoms. The first-order chi connectivity index (χ1) is 13.0. The first-order valence-electron chi connectivity index (χ1n) is 9.05. The van der Waals surface area contributed by atoms with E-state index >= 15 is 0 Å². The number of ether oxygens (including phenoxy) is 4. The van der Waals surface area contributed by atoms with Gasteiger partial charge in [0.1, 0.15) is 18.3 Å². The van der Waals surface area contributed by atoms with Crippen LogP contribution < -0.4 is 11.5 Å². The molecule has 8 nitrogen and oxygen atoms in total. The smallest absolute Gasteiger partial charge is 0.190 e. The van der Waals surface area contributed by atoms with Gasteiger partial charge in [-0.15, -0.1) is 0 Å². The van der Waals surface area contributed by atoms with Crippen LogP contribution in [0.5, 0.6) is 0 Å². The Bertz CT molecular complexity index is 741. The Labute approximate surface area is 162 Å². The first kappa shape index (κ1) is 18.6. The summed E-state index contributed by atoms with van der Waals surface area (Å²) in [5.41, 5.74) is 12.6. The molecule has 144 valence electrons. The lowest BCUT2D eigenvalue weighted by Gasteiger charge is -2.36. The molecule has 0 amide bonds. The largest absolute Gasteiger partial charge is 0.392 e. The van der Waals surface area contributed by atoms with Crippen LogP contribution in [0.25, 0.3) is 0 Å². The topological polar surface area (TPSA) is 137 Å². The van der Waals surface area contributed by atoms with E-state index in [1.165, 1.54) is 6.42 Å². The normalized spacial score (nSPS) is 36.0. The highest BCUT2D eigenvalue weighted by atomic mass is 32.2. The highest BCUT2D eigenvalue weighted by Crippen LogP contribution is 2.49. The number of fused-ring (bicyclic) bond motifs is 1. The van der Waals surface area contributed by atoms with Crippen molar-refractivity contribution in [3.05, 3.63) is 21.2 Å². The molecule has 0 aromatic heterocycles. The number of nitrogens with zero attached hydrogens (tertiary/aromatic N) is 2. The van der Waals surface area contributed by atoms with Gasteiger partial charge in [-0.25, -0.2) is 0 Å². The van der Waals surface area contributed by atoms with Crippen LogP contribution in [0.15, 0.2) is 21.2 Å². The molecular formula is C18H22N4O4S. The van der Waals surface area contributed by atoms with E-state index in [-0.39, 0.29) is 21.2 Å². The lowest BCUT2D eigenvalue weighted by Crippen LogP contribution is -2.43. The minimum absolute atomic E-state index is 0.269. The van der Waals surface area contributed by atoms with Gasteiger partial charge in [-0.3, -0.25) is 0 Å². The third kappa shape index (κ3) is 2.91. The monoisotopic (exact) mass is 390 g/mol. The van der Waals surface area contributed by atoms with E-state index in [4.69, 9.17) is 30.4 Å². The maximum absolute atomic E-state index is 9.62. The maximum atomic E-state index is 9.62. The van der Waals surface area contributed by atoms with Crippen molar-refractivity contribution in [2.24, 2.45) is 17.4 Å². The molecule has 0 bridgehead atoms. The van der Waals surface area contributed by atoms with Crippen molar-refractivity contribution in [2.75, 3.05) is 7.11 Å². The SMILES string of the molecule is CO[C@H]1[C@H]2OC3(CCCCC3)O[C@@H]2O[C@H]1C1C(C#N)=C(N)SC(N)=C1C#N. The fourth-order valence-electron chi connectivity index (χ4n) is 4.48. The summed E-state index contributed by atoms with van der Waals surface area (Å²) in [6.07, 6.45) is 2.77. The molecule has 3 fully saturated rings. The second-order valence-electron chi connectivity index (χ2n) is 7.20. The van der Waals surface area contributed by atoms with Gasteiger partial charge in [-0.2, -0.15) is 10.5 Å². The van der Waals surface area contributed by atoms with E-state index in [1.807, 2.05) is 0 Å². The summed E-state index contributed by atoms with van der Waals surface area (Å²) in [5, 5.41) is 19.8. The Hall–Kier alpha value is -1.75. The van der Waals surface area contributed by atoms with Crippen LogP contribution in [0.1, 0.15) is 32.1 Å². The molecule has 9 heteroatoms. The highest BCUT2D eigenvalue weighted by Gasteiger charge is 2.60. The van der Waals surface area contributed by atoms with E-state index in [0.29, 0.717) is 0 Å². The van der Waals surface area contributed by atoms with Crippen LogP contribution in [-0.4, -0.2) is 37.5 Å². The molecule has 1 saturated carbocycles. The molecule has 3 heterocycles. The number of hydrogen-bond acceptors (Lipinski definition) is 9. The molecule has 2 saturated heterocycles. The molecule has 0 radical (unpaired) electrons. The van der Waals surface area contributed by atoms with Crippen LogP contribution in [0, 0.1) is 28.6 Å². The molecule has 4 N–H and O–H groups in total. The summed E-state index contributed by atoms with van der Waals surface area (Å²) >= 11 is 1.03. The van der Waals surface area contributed by atoms with Crippen LogP contribution in [-0.2, 0) is 18.9 Å². The predicted molar refractivity (Wildman–Crippen MR) is 96.0 cm³/mol. The molecular weight excluding hydrogens is 368 g/mol. The summed E-state index contributed by atoms with van der Waals surface area (Å²) in [4.78, 5) is 0. The zero-order valence-electron chi connectivity index (χ0n) is 15.0. The molecule has 0 unspecified atom stereocenters. The van der Waals surface area contributed by atoms with Crippen molar-refractivity contribution < 1.29 is 18.9 Å². The fraction of sp³-hybridized carbons (Fsp3) is 0.667. The summed E-state index contributed by atoms with van der Waals surface area (Å²) in [6, 6.07) is 4.22. The Morgan fingerprint density at radius 2 is 1.67 bits per heavy atom. The van der Waals surface area contributed by atoms with E-state index in [1.54, 1.807) is 7.11 Å². The van der Waals surface area contributed by atoms with E-state index < -0.39 is 36.3 Å². The summed E-state index contributed by atoms with van der Waals surface area (Å²) < 4.78 is 24.3. The van der Waals surface area contributed by atoms with Gasteiger partial charge < -0.3 is 30.4 Å². The van der Waals surface area contributed by atoms with Crippen molar-refractivity contribution in [1.82, 2.24) is 0 Å². The van der Waals surface area contributed by atoms with Crippen LogP contribution >= 0.6 is 11.8 Å². The van der Waals surface area contributed by atoms with Gasteiger partial charge in [0.15, 0.2) is 12.1 Å². The molecule has 0 aromatic carbocycles. The maximum Gasteiger partial charge on any atom is 0.190 e.